The smallest absolute Gasteiger partial charge is 0.226 e. The summed E-state index contributed by atoms with van der Waals surface area (Å²) in [5, 5.41) is 9.65. The third-order valence-corrected chi connectivity index (χ3v) is 3.36. The number of carbonyl (C=O) groups excluding carboxylic acids is 1. The minimum absolute atomic E-state index is 0.00824. The molecule has 0 saturated carbocycles. The number of para-hydroxylation sites is 1. The lowest BCUT2D eigenvalue weighted by Gasteiger charge is -2.24. The maximum Gasteiger partial charge on any atom is 0.226 e. The van der Waals surface area contributed by atoms with Gasteiger partial charge >= 0.3 is 0 Å². The Kier molecular flexibility index (Phi) is 3.18. The average molecular weight is 271 g/mol. The molecule has 3 rings (SSSR count). The van der Waals surface area contributed by atoms with Crippen molar-refractivity contribution in [1.82, 2.24) is 10.2 Å². The molecule has 0 spiro atoms. The normalized spacial score (nSPS) is 17.8. The highest BCUT2D eigenvalue weighted by Gasteiger charge is 2.30. The molecule has 0 fully saturated rings. The molecule has 5 nitrogen and oxygen atoms in total. The van der Waals surface area contributed by atoms with Gasteiger partial charge < -0.3 is 10.1 Å². The van der Waals surface area contributed by atoms with E-state index < -0.39 is 0 Å². The Bertz CT molecular complexity index is 634. The van der Waals surface area contributed by atoms with Crippen molar-refractivity contribution in [2.75, 3.05) is 5.32 Å². The molecule has 1 aromatic carbocycles. The van der Waals surface area contributed by atoms with E-state index in [0.29, 0.717) is 12.2 Å². The molecule has 0 aliphatic carbocycles. The molecule has 2 heterocycles. The van der Waals surface area contributed by atoms with Crippen molar-refractivity contribution < 1.29 is 9.53 Å². The topological polar surface area (TPSA) is 67.0 Å². The maximum atomic E-state index is 11.8. The molecule has 2 N–H and O–H groups in total. The van der Waals surface area contributed by atoms with Gasteiger partial charge in [-0.1, -0.05) is 18.2 Å². The van der Waals surface area contributed by atoms with Crippen LogP contribution in [0.25, 0.3) is 0 Å². The molecule has 0 saturated heterocycles. The first-order valence-corrected chi connectivity index (χ1v) is 6.74. The first-order chi connectivity index (χ1) is 9.65. The second-order valence-corrected chi connectivity index (χ2v) is 5.21. The number of hydrogen-bond acceptors (Lipinski definition) is 3. The highest BCUT2D eigenvalue weighted by atomic mass is 16.5. The molecular formula is C15H17N3O2. The zero-order valence-corrected chi connectivity index (χ0v) is 11.5. The average Bonchev–Trinajstić information content (AvgIpc) is 2.86. The van der Waals surface area contributed by atoms with Crippen molar-refractivity contribution in [3.8, 4) is 5.75 Å². The number of ether oxygens (including phenoxy) is 1. The fourth-order valence-corrected chi connectivity index (χ4v) is 2.55. The third kappa shape index (κ3) is 2.27. The van der Waals surface area contributed by atoms with Gasteiger partial charge in [-0.2, -0.15) is 5.10 Å². The van der Waals surface area contributed by atoms with Gasteiger partial charge in [0, 0.05) is 23.5 Å². The van der Waals surface area contributed by atoms with Crippen LogP contribution in [0.1, 0.15) is 37.3 Å². The quantitative estimate of drug-likeness (QED) is 0.902. The molecule has 1 aromatic heterocycles. The van der Waals surface area contributed by atoms with Gasteiger partial charge in [0.05, 0.1) is 12.3 Å². The van der Waals surface area contributed by atoms with Gasteiger partial charge in [0.25, 0.3) is 0 Å². The number of H-pyrrole nitrogens is 1. The van der Waals surface area contributed by atoms with Crippen molar-refractivity contribution in [3.05, 3.63) is 41.6 Å². The predicted molar refractivity (Wildman–Crippen MR) is 75.9 cm³/mol. The van der Waals surface area contributed by atoms with E-state index in [1.54, 1.807) is 6.20 Å². The van der Waals surface area contributed by atoms with E-state index in [4.69, 9.17) is 4.74 Å². The Morgan fingerprint density at radius 1 is 1.30 bits per heavy atom. The number of rotatable bonds is 3. The lowest BCUT2D eigenvalue weighted by Crippen LogP contribution is -2.23. The summed E-state index contributed by atoms with van der Waals surface area (Å²) in [5.41, 5.74) is 2.03. The molecule has 1 aliphatic heterocycles. The number of carbonyl (C=O) groups is 1. The van der Waals surface area contributed by atoms with Crippen LogP contribution in [0.2, 0.25) is 0 Å². The SMILES string of the molecule is CC(C)Oc1ccccc1C1CC(=O)Nc2[nH]ncc21. The fraction of sp³-hybridized carbons (Fsp3) is 0.333. The first kappa shape index (κ1) is 12.7. The molecule has 1 aliphatic rings. The highest BCUT2D eigenvalue weighted by molar-refractivity contribution is 5.94. The van der Waals surface area contributed by atoms with Gasteiger partial charge in [-0.3, -0.25) is 9.89 Å². The molecule has 0 radical (unpaired) electrons. The fourth-order valence-electron chi connectivity index (χ4n) is 2.55. The summed E-state index contributed by atoms with van der Waals surface area (Å²) in [6, 6.07) is 7.87. The largest absolute Gasteiger partial charge is 0.491 e. The van der Waals surface area contributed by atoms with Crippen LogP contribution in [-0.2, 0) is 4.79 Å². The summed E-state index contributed by atoms with van der Waals surface area (Å²) >= 11 is 0. The lowest BCUT2D eigenvalue weighted by molar-refractivity contribution is -0.116. The molecule has 20 heavy (non-hydrogen) atoms. The first-order valence-electron chi connectivity index (χ1n) is 6.74. The van der Waals surface area contributed by atoms with E-state index in [1.165, 1.54) is 0 Å². The second kappa shape index (κ2) is 5.00. The van der Waals surface area contributed by atoms with Gasteiger partial charge in [0.15, 0.2) is 0 Å². The number of nitrogens with one attached hydrogen (secondary N) is 2. The van der Waals surface area contributed by atoms with Gasteiger partial charge in [-0.05, 0) is 19.9 Å². The van der Waals surface area contributed by atoms with E-state index in [0.717, 1.165) is 16.9 Å². The highest BCUT2D eigenvalue weighted by Crippen LogP contribution is 2.39. The Morgan fingerprint density at radius 2 is 2.10 bits per heavy atom. The van der Waals surface area contributed by atoms with E-state index in [2.05, 4.69) is 15.5 Å². The minimum Gasteiger partial charge on any atom is -0.491 e. The summed E-state index contributed by atoms with van der Waals surface area (Å²) in [4.78, 5) is 11.8. The predicted octanol–water partition coefficient (Wildman–Crippen LogP) is 2.67. The molecule has 1 unspecified atom stereocenters. The molecule has 104 valence electrons. The van der Waals surface area contributed by atoms with Crippen LogP contribution in [0.3, 0.4) is 0 Å². The summed E-state index contributed by atoms with van der Waals surface area (Å²) in [5.74, 6) is 1.48. The number of fused-ring (bicyclic) bond motifs is 1. The number of hydrogen-bond donors (Lipinski definition) is 2. The molecule has 2 aromatic rings. The maximum absolute atomic E-state index is 11.8. The lowest BCUT2D eigenvalue weighted by atomic mass is 9.87. The van der Waals surface area contributed by atoms with Gasteiger partial charge in [0.2, 0.25) is 5.91 Å². The monoisotopic (exact) mass is 271 g/mol. The van der Waals surface area contributed by atoms with Crippen LogP contribution in [0.4, 0.5) is 5.82 Å². The van der Waals surface area contributed by atoms with E-state index in [1.807, 2.05) is 38.1 Å². The second-order valence-electron chi connectivity index (χ2n) is 5.21. The number of benzene rings is 1. The van der Waals surface area contributed by atoms with E-state index in [9.17, 15) is 4.79 Å². The van der Waals surface area contributed by atoms with Crippen molar-refractivity contribution in [1.29, 1.82) is 0 Å². The van der Waals surface area contributed by atoms with Gasteiger partial charge in [0.1, 0.15) is 11.6 Å². The molecule has 0 bridgehead atoms. The molecular weight excluding hydrogens is 254 g/mol. The minimum atomic E-state index is -0.0209. The standard InChI is InChI=1S/C15H17N3O2/c1-9(2)20-13-6-4-3-5-10(13)11-7-14(19)17-15-12(11)8-16-18-15/h3-6,8-9,11H,7H2,1-2H3,(H2,16,17,18,19). The molecule has 1 amide bonds. The van der Waals surface area contributed by atoms with Crippen molar-refractivity contribution in [2.45, 2.75) is 32.3 Å². The third-order valence-electron chi connectivity index (χ3n) is 3.36. The van der Waals surface area contributed by atoms with Crippen LogP contribution in [0.5, 0.6) is 5.75 Å². The summed E-state index contributed by atoms with van der Waals surface area (Å²) in [6.45, 7) is 3.99. The number of nitrogens with zero attached hydrogens (tertiary/aromatic N) is 1. The number of amides is 1. The van der Waals surface area contributed by atoms with Crippen LogP contribution in [0.15, 0.2) is 30.5 Å². The summed E-state index contributed by atoms with van der Waals surface area (Å²) in [7, 11) is 0. The number of anilines is 1. The molecule has 5 heteroatoms. The van der Waals surface area contributed by atoms with Gasteiger partial charge in [-0.15, -0.1) is 0 Å². The van der Waals surface area contributed by atoms with Gasteiger partial charge in [-0.25, -0.2) is 0 Å². The summed E-state index contributed by atoms with van der Waals surface area (Å²) in [6.07, 6.45) is 2.27. The Balaban J connectivity index is 2.04. The Hall–Kier alpha value is -2.30. The van der Waals surface area contributed by atoms with Crippen LogP contribution >= 0.6 is 0 Å². The zero-order valence-electron chi connectivity index (χ0n) is 11.5. The van der Waals surface area contributed by atoms with Crippen LogP contribution in [0, 0.1) is 0 Å². The van der Waals surface area contributed by atoms with Crippen molar-refractivity contribution >= 4 is 11.7 Å². The Morgan fingerprint density at radius 3 is 2.90 bits per heavy atom. The summed E-state index contributed by atoms with van der Waals surface area (Å²) < 4.78 is 5.86. The van der Waals surface area contributed by atoms with E-state index >= 15 is 0 Å². The zero-order chi connectivity index (χ0) is 14.1. The van der Waals surface area contributed by atoms with Crippen LogP contribution in [-0.4, -0.2) is 22.2 Å². The number of aromatic amines is 1. The van der Waals surface area contributed by atoms with Crippen molar-refractivity contribution in [3.63, 3.8) is 0 Å². The van der Waals surface area contributed by atoms with E-state index in [-0.39, 0.29) is 17.9 Å². The van der Waals surface area contributed by atoms with Crippen molar-refractivity contribution in [2.24, 2.45) is 0 Å². The van der Waals surface area contributed by atoms with Crippen LogP contribution < -0.4 is 10.1 Å². The number of aromatic nitrogens is 2. The molecule has 1 atom stereocenters. The Labute approximate surface area is 117 Å².